The van der Waals surface area contributed by atoms with Crippen molar-refractivity contribution in [1.29, 1.82) is 0 Å². The zero-order valence-corrected chi connectivity index (χ0v) is 15.9. The van der Waals surface area contributed by atoms with Crippen LogP contribution in [0.15, 0.2) is 28.4 Å². The van der Waals surface area contributed by atoms with Crippen LogP contribution < -0.4 is 5.32 Å². The summed E-state index contributed by atoms with van der Waals surface area (Å²) in [6, 6.07) is 3.13. The van der Waals surface area contributed by atoms with Crippen molar-refractivity contribution >= 4 is 57.6 Å². The third-order valence-corrected chi connectivity index (χ3v) is 5.39. The molecule has 1 aromatic carbocycles. The minimum absolute atomic E-state index is 0.00103. The Hall–Kier alpha value is -0.750. The summed E-state index contributed by atoms with van der Waals surface area (Å²) in [4.78, 5) is 4.31. The standard InChI is InChI=1S/C16H18Cl2N2OS2/c1-23-16(22)12-3-2-4-14(12)20-6-5-19-9-10-7-11(17)8-13(18)15(10)21/h7-9,20-21H,2-6H2,1H3. The quantitative estimate of drug-likeness (QED) is 0.415. The predicted octanol–water partition coefficient (Wildman–Crippen LogP) is 4.84. The van der Waals surface area contributed by atoms with E-state index >= 15 is 0 Å². The molecule has 124 valence electrons. The number of aromatic hydroxyl groups is 1. The Bertz CT molecular complexity index is 660. The van der Waals surface area contributed by atoms with Crippen molar-refractivity contribution < 1.29 is 5.11 Å². The van der Waals surface area contributed by atoms with E-state index < -0.39 is 0 Å². The molecule has 1 aromatic rings. The number of nitrogens with zero attached hydrogens (tertiary/aromatic N) is 1. The maximum Gasteiger partial charge on any atom is 0.143 e. The Morgan fingerprint density at radius 1 is 1.43 bits per heavy atom. The fourth-order valence-electron chi connectivity index (χ4n) is 2.41. The highest BCUT2D eigenvalue weighted by atomic mass is 35.5. The van der Waals surface area contributed by atoms with Crippen molar-refractivity contribution in [2.24, 2.45) is 4.99 Å². The number of allylic oxidation sites excluding steroid dienone is 1. The molecule has 0 unspecified atom stereocenters. The first-order valence-electron chi connectivity index (χ1n) is 7.25. The molecule has 0 amide bonds. The van der Waals surface area contributed by atoms with Crippen LogP contribution in [0.5, 0.6) is 5.75 Å². The number of nitrogens with one attached hydrogen (secondary N) is 1. The van der Waals surface area contributed by atoms with Gasteiger partial charge in [-0.05, 0) is 43.2 Å². The fourth-order valence-corrected chi connectivity index (χ4v) is 3.61. The molecular weight excluding hydrogens is 371 g/mol. The van der Waals surface area contributed by atoms with Gasteiger partial charge in [-0.2, -0.15) is 0 Å². The monoisotopic (exact) mass is 388 g/mol. The maximum absolute atomic E-state index is 9.85. The summed E-state index contributed by atoms with van der Waals surface area (Å²) in [5.41, 5.74) is 3.04. The minimum atomic E-state index is -0.00103. The number of phenolic OH excluding ortho intramolecular Hbond substituents is 1. The second kappa shape index (κ2) is 8.92. The number of hydrogen-bond acceptors (Lipinski definition) is 5. The van der Waals surface area contributed by atoms with E-state index in [9.17, 15) is 5.11 Å². The van der Waals surface area contributed by atoms with Crippen LogP contribution in [-0.2, 0) is 0 Å². The van der Waals surface area contributed by atoms with Crippen LogP contribution in [0.3, 0.4) is 0 Å². The molecule has 0 radical (unpaired) electrons. The number of benzene rings is 1. The lowest BCUT2D eigenvalue weighted by atomic mass is 10.2. The average Bonchev–Trinajstić information content (AvgIpc) is 2.99. The van der Waals surface area contributed by atoms with Gasteiger partial charge in [-0.15, -0.1) is 11.8 Å². The first kappa shape index (κ1) is 18.6. The van der Waals surface area contributed by atoms with Gasteiger partial charge in [0.2, 0.25) is 0 Å². The second-order valence-corrected chi connectivity index (χ2v) is 7.42. The van der Waals surface area contributed by atoms with Crippen molar-refractivity contribution in [2.45, 2.75) is 19.3 Å². The molecule has 0 aromatic heterocycles. The smallest absolute Gasteiger partial charge is 0.143 e. The van der Waals surface area contributed by atoms with E-state index in [2.05, 4.69) is 10.3 Å². The SMILES string of the molecule is CSC(=S)C1=C(NCCN=Cc2cc(Cl)cc(Cl)c2O)CCC1. The van der Waals surface area contributed by atoms with E-state index in [-0.39, 0.29) is 10.8 Å². The van der Waals surface area contributed by atoms with Crippen LogP contribution in [0.4, 0.5) is 0 Å². The first-order valence-corrected chi connectivity index (χ1v) is 9.64. The Balaban J connectivity index is 1.89. The van der Waals surface area contributed by atoms with Gasteiger partial charge in [-0.25, -0.2) is 0 Å². The molecule has 7 heteroatoms. The van der Waals surface area contributed by atoms with Gasteiger partial charge in [0.1, 0.15) is 5.75 Å². The molecule has 0 fully saturated rings. The normalized spacial score (nSPS) is 14.7. The number of hydrogen-bond donors (Lipinski definition) is 2. The van der Waals surface area contributed by atoms with E-state index in [1.807, 2.05) is 6.26 Å². The Kier molecular flexibility index (Phi) is 7.21. The highest BCUT2D eigenvalue weighted by Gasteiger charge is 2.17. The van der Waals surface area contributed by atoms with Gasteiger partial charge in [0.05, 0.1) is 15.8 Å². The van der Waals surface area contributed by atoms with E-state index in [0.29, 0.717) is 17.1 Å². The molecule has 0 spiro atoms. The molecular formula is C16H18Cl2N2OS2. The lowest BCUT2D eigenvalue weighted by Crippen LogP contribution is -2.18. The Labute approximate surface area is 156 Å². The van der Waals surface area contributed by atoms with Crippen molar-refractivity contribution in [3.05, 3.63) is 39.0 Å². The molecule has 2 N–H and O–H groups in total. The van der Waals surface area contributed by atoms with Gasteiger partial charge >= 0.3 is 0 Å². The molecule has 3 nitrogen and oxygen atoms in total. The number of thioether (sulfide) groups is 1. The summed E-state index contributed by atoms with van der Waals surface area (Å²) in [7, 11) is 0. The molecule has 1 aliphatic rings. The van der Waals surface area contributed by atoms with E-state index in [1.54, 1.807) is 24.0 Å². The van der Waals surface area contributed by atoms with Gasteiger partial charge in [0.15, 0.2) is 0 Å². The van der Waals surface area contributed by atoms with Crippen LogP contribution >= 0.6 is 47.2 Å². The molecule has 0 heterocycles. The molecule has 1 aliphatic carbocycles. The Morgan fingerprint density at radius 2 is 2.22 bits per heavy atom. The highest BCUT2D eigenvalue weighted by molar-refractivity contribution is 8.23. The summed E-state index contributed by atoms with van der Waals surface area (Å²) >= 11 is 18.8. The van der Waals surface area contributed by atoms with E-state index in [4.69, 9.17) is 35.4 Å². The number of rotatable bonds is 6. The van der Waals surface area contributed by atoms with Crippen LogP contribution in [0.1, 0.15) is 24.8 Å². The number of thiocarbonyl (C=S) groups is 1. The van der Waals surface area contributed by atoms with Gasteiger partial charge in [0.25, 0.3) is 0 Å². The second-order valence-electron chi connectivity index (χ2n) is 5.09. The fraction of sp³-hybridized carbons (Fsp3) is 0.375. The van der Waals surface area contributed by atoms with Gasteiger partial charge in [0, 0.05) is 29.0 Å². The van der Waals surface area contributed by atoms with Gasteiger partial charge in [-0.3, -0.25) is 4.99 Å². The lowest BCUT2D eigenvalue weighted by molar-refractivity contribution is 0.474. The van der Waals surface area contributed by atoms with Gasteiger partial charge < -0.3 is 10.4 Å². The van der Waals surface area contributed by atoms with E-state index in [1.165, 1.54) is 17.3 Å². The predicted molar refractivity (Wildman–Crippen MR) is 106 cm³/mol. The van der Waals surface area contributed by atoms with Crippen LogP contribution in [0.25, 0.3) is 0 Å². The zero-order chi connectivity index (χ0) is 16.8. The molecule has 0 atom stereocenters. The minimum Gasteiger partial charge on any atom is -0.506 e. The molecule has 0 aliphatic heterocycles. The van der Waals surface area contributed by atoms with Crippen LogP contribution in [-0.4, -0.2) is 34.9 Å². The lowest BCUT2D eigenvalue weighted by Gasteiger charge is -2.09. The van der Waals surface area contributed by atoms with Crippen LogP contribution in [0, 0.1) is 0 Å². The van der Waals surface area contributed by atoms with E-state index in [0.717, 1.165) is 30.0 Å². The average molecular weight is 389 g/mol. The summed E-state index contributed by atoms with van der Waals surface area (Å²) in [5.74, 6) is -0.00103. The van der Waals surface area contributed by atoms with Crippen molar-refractivity contribution in [1.82, 2.24) is 5.32 Å². The summed E-state index contributed by atoms with van der Waals surface area (Å²) in [6.07, 6.45) is 6.85. The third kappa shape index (κ3) is 5.11. The number of aliphatic imine (C=N–C) groups is 1. The van der Waals surface area contributed by atoms with Crippen LogP contribution in [0.2, 0.25) is 10.0 Å². The number of halogens is 2. The molecule has 0 saturated heterocycles. The third-order valence-electron chi connectivity index (χ3n) is 3.52. The molecule has 0 bridgehead atoms. The molecule has 2 rings (SSSR count). The molecule has 0 saturated carbocycles. The summed E-state index contributed by atoms with van der Waals surface area (Å²) in [5, 5.41) is 14.0. The van der Waals surface area contributed by atoms with Crippen molar-refractivity contribution in [3.8, 4) is 5.75 Å². The zero-order valence-electron chi connectivity index (χ0n) is 12.7. The summed E-state index contributed by atoms with van der Waals surface area (Å²) < 4.78 is 0.979. The highest BCUT2D eigenvalue weighted by Crippen LogP contribution is 2.30. The number of phenols is 1. The molecule has 23 heavy (non-hydrogen) atoms. The largest absolute Gasteiger partial charge is 0.506 e. The maximum atomic E-state index is 9.85. The van der Waals surface area contributed by atoms with Crippen molar-refractivity contribution in [2.75, 3.05) is 19.3 Å². The van der Waals surface area contributed by atoms with Gasteiger partial charge in [-0.1, -0.05) is 35.4 Å². The topological polar surface area (TPSA) is 44.6 Å². The Morgan fingerprint density at radius 3 is 2.96 bits per heavy atom. The van der Waals surface area contributed by atoms with Crippen molar-refractivity contribution in [3.63, 3.8) is 0 Å². The first-order chi connectivity index (χ1) is 11.0. The summed E-state index contributed by atoms with van der Waals surface area (Å²) in [6.45, 7) is 1.31.